The lowest BCUT2D eigenvalue weighted by Gasteiger charge is -2.22. The predicted molar refractivity (Wildman–Crippen MR) is 114 cm³/mol. The van der Waals surface area contributed by atoms with Crippen LogP contribution in [-0.2, 0) is 15.9 Å². The van der Waals surface area contributed by atoms with Crippen molar-refractivity contribution in [1.29, 1.82) is 0 Å². The quantitative estimate of drug-likeness (QED) is 0.562. The third-order valence-electron chi connectivity index (χ3n) is 3.60. The van der Waals surface area contributed by atoms with Crippen molar-refractivity contribution in [2.45, 2.75) is 52.2 Å². The number of likely N-dealkylation sites (N-methyl/N-ethyl adjacent to an activating group) is 1. The van der Waals surface area contributed by atoms with Crippen LogP contribution in [0.5, 0.6) is 0 Å². The number of methoxy groups -OCH3 is 1. The van der Waals surface area contributed by atoms with E-state index in [1.807, 2.05) is 51.1 Å². The summed E-state index contributed by atoms with van der Waals surface area (Å²) in [7, 11) is 3.39. The first-order valence-electron chi connectivity index (χ1n) is 9.97. The zero-order valence-corrected chi connectivity index (χ0v) is 18.1. The smallest absolute Gasteiger partial charge is 0.404 e. The van der Waals surface area contributed by atoms with Gasteiger partial charge in [-0.25, -0.2) is 4.79 Å². The summed E-state index contributed by atoms with van der Waals surface area (Å²) in [6.45, 7) is 9.12. The van der Waals surface area contributed by atoms with E-state index in [0.717, 1.165) is 25.4 Å². The average molecular weight is 401 g/mol. The molecule has 1 aromatic carbocycles. The van der Waals surface area contributed by atoms with Gasteiger partial charge in [-0.15, -0.1) is 0 Å². The van der Waals surface area contributed by atoms with Gasteiger partial charge in [-0.05, 0) is 38.8 Å². The van der Waals surface area contributed by atoms with Gasteiger partial charge in [-0.2, -0.15) is 0 Å². The van der Waals surface area contributed by atoms with E-state index >= 15 is 0 Å². The summed E-state index contributed by atoms with van der Waals surface area (Å²) in [5, 5.41) is 23.7. The highest BCUT2D eigenvalue weighted by molar-refractivity contribution is 5.65. The number of aliphatic hydroxyl groups excluding tert-OH is 1. The molecular formula is C21H40N2O5. The summed E-state index contributed by atoms with van der Waals surface area (Å²) in [6, 6.07) is 8.97. The molecule has 1 amide bonds. The molecule has 1 heterocycles. The molecule has 1 saturated heterocycles. The number of carbonyl (C=O) groups is 1. The molecule has 0 aliphatic carbocycles. The van der Waals surface area contributed by atoms with E-state index < -0.39 is 18.2 Å². The molecule has 28 heavy (non-hydrogen) atoms. The second-order valence-corrected chi connectivity index (χ2v) is 5.77. The van der Waals surface area contributed by atoms with E-state index in [4.69, 9.17) is 9.84 Å². The fraction of sp³-hybridized carbons (Fsp3) is 0.667. The highest BCUT2D eigenvalue weighted by Crippen LogP contribution is 2.06. The Kier molecular flexibility index (Phi) is 22.0. The summed E-state index contributed by atoms with van der Waals surface area (Å²) < 4.78 is 9.49. The standard InChI is InChI=1S/C12H18N2O3.C4H8O.C3H8O.C2H6/c1-13-8-11(15)10(14-12(16)17)7-9-5-3-2-4-6-9;1-2-4-5-3-1;1-3-4-2;1-2/h2-6,10-11,13-15H,7-8H2,1H3,(H,16,17);1-4H2;3H2,1-2H3;1-2H3/t10?,11-;;;/m1.../s1. The molecule has 1 unspecified atom stereocenters. The molecule has 0 spiro atoms. The maximum atomic E-state index is 10.7. The number of benzene rings is 1. The van der Waals surface area contributed by atoms with Crippen LogP contribution in [0.3, 0.4) is 0 Å². The van der Waals surface area contributed by atoms with Crippen LogP contribution in [0.25, 0.3) is 0 Å². The van der Waals surface area contributed by atoms with Crippen molar-refractivity contribution in [3.05, 3.63) is 35.9 Å². The van der Waals surface area contributed by atoms with Gasteiger partial charge in [0, 0.05) is 33.5 Å². The molecule has 0 radical (unpaired) electrons. The molecule has 2 atom stereocenters. The summed E-state index contributed by atoms with van der Waals surface area (Å²) in [6.07, 6.45) is 1.15. The Morgan fingerprint density at radius 2 is 1.75 bits per heavy atom. The minimum Gasteiger partial charge on any atom is -0.465 e. The Labute approximate surface area is 170 Å². The predicted octanol–water partition coefficient (Wildman–Crippen LogP) is 2.92. The maximum Gasteiger partial charge on any atom is 0.404 e. The number of ether oxygens (including phenoxy) is 2. The van der Waals surface area contributed by atoms with Crippen molar-refractivity contribution in [3.8, 4) is 0 Å². The molecule has 0 bridgehead atoms. The first kappa shape index (κ1) is 28.5. The third-order valence-corrected chi connectivity index (χ3v) is 3.60. The molecule has 1 fully saturated rings. The monoisotopic (exact) mass is 400 g/mol. The zero-order chi connectivity index (χ0) is 21.6. The summed E-state index contributed by atoms with van der Waals surface area (Å²) in [4.78, 5) is 10.7. The first-order chi connectivity index (χ1) is 13.5. The SMILES string of the molecule is C1CCOC1.CC.CCOC.CNC[C@@H](O)C(Cc1ccccc1)NC(=O)O. The van der Waals surface area contributed by atoms with Gasteiger partial charge in [0.2, 0.25) is 0 Å². The summed E-state index contributed by atoms with van der Waals surface area (Å²) >= 11 is 0. The fourth-order valence-corrected chi connectivity index (χ4v) is 2.17. The van der Waals surface area contributed by atoms with Crippen LogP contribution in [0, 0.1) is 0 Å². The van der Waals surface area contributed by atoms with E-state index in [2.05, 4.69) is 15.4 Å². The molecule has 0 saturated carbocycles. The Balaban J connectivity index is 0. The number of aliphatic hydroxyl groups is 1. The van der Waals surface area contributed by atoms with Gasteiger partial charge in [0.15, 0.2) is 0 Å². The van der Waals surface area contributed by atoms with Crippen molar-refractivity contribution in [1.82, 2.24) is 10.6 Å². The Morgan fingerprint density at radius 1 is 1.21 bits per heavy atom. The lowest BCUT2D eigenvalue weighted by molar-refractivity contribution is 0.119. The van der Waals surface area contributed by atoms with Crippen LogP contribution in [0.15, 0.2) is 30.3 Å². The van der Waals surface area contributed by atoms with Crippen molar-refractivity contribution in [2.24, 2.45) is 0 Å². The highest BCUT2D eigenvalue weighted by atomic mass is 16.5. The fourth-order valence-electron chi connectivity index (χ4n) is 2.17. The zero-order valence-electron chi connectivity index (χ0n) is 18.1. The second-order valence-electron chi connectivity index (χ2n) is 5.77. The average Bonchev–Trinajstić information content (AvgIpc) is 3.30. The number of hydrogen-bond acceptors (Lipinski definition) is 5. The summed E-state index contributed by atoms with van der Waals surface area (Å²) in [5.41, 5.74) is 0.987. The van der Waals surface area contributed by atoms with Gasteiger partial charge in [0.05, 0.1) is 12.1 Å². The number of nitrogens with one attached hydrogen (secondary N) is 2. The first-order valence-corrected chi connectivity index (χ1v) is 9.97. The topological polar surface area (TPSA) is 100 Å². The van der Waals surface area contributed by atoms with Crippen LogP contribution in [-0.4, -0.2) is 69.0 Å². The van der Waals surface area contributed by atoms with Crippen LogP contribution in [0.2, 0.25) is 0 Å². The van der Waals surface area contributed by atoms with Crippen molar-refractivity contribution >= 4 is 6.09 Å². The van der Waals surface area contributed by atoms with Gasteiger partial charge in [0.1, 0.15) is 0 Å². The number of hydrogen-bond donors (Lipinski definition) is 4. The number of amides is 1. The van der Waals surface area contributed by atoms with Gasteiger partial charge >= 0.3 is 6.09 Å². The van der Waals surface area contributed by atoms with Gasteiger partial charge in [-0.1, -0.05) is 44.2 Å². The van der Waals surface area contributed by atoms with Crippen LogP contribution in [0.4, 0.5) is 4.79 Å². The molecule has 2 rings (SSSR count). The molecule has 4 N–H and O–H groups in total. The normalized spacial score (nSPS) is 14.1. The van der Waals surface area contributed by atoms with Gasteiger partial charge in [-0.3, -0.25) is 0 Å². The molecule has 0 aromatic heterocycles. The number of rotatable bonds is 7. The minimum absolute atomic E-state index is 0.345. The second kappa shape index (κ2) is 21.6. The van der Waals surface area contributed by atoms with Crippen LogP contribution < -0.4 is 10.6 Å². The largest absolute Gasteiger partial charge is 0.465 e. The van der Waals surface area contributed by atoms with Crippen molar-refractivity contribution in [3.63, 3.8) is 0 Å². The number of carboxylic acid groups (broad SMARTS) is 1. The third kappa shape index (κ3) is 17.7. The lowest BCUT2D eigenvalue weighted by Crippen LogP contribution is -2.47. The van der Waals surface area contributed by atoms with Gasteiger partial charge in [0.25, 0.3) is 0 Å². The van der Waals surface area contributed by atoms with Crippen LogP contribution >= 0.6 is 0 Å². The molecule has 1 aromatic rings. The molecule has 7 nitrogen and oxygen atoms in total. The van der Waals surface area contributed by atoms with E-state index in [9.17, 15) is 9.90 Å². The maximum absolute atomic E-state index is 10.7. The Bertz CT molecular complexity index is 432. The van der Waals surface area contributed by atoms with Crippen LogP contribution in [0.1, 0.15) is 39.2 Å². The van der Waals surface area contributed by atoms with Gasteiger partial charge < -0.3 is 30.3 Å². The van der Waals surface area contributed by atoms with E-state index in [-0.39, 0.29) is 0 Å². The highest BCUT2D eigenvalue weighted by Gasteiger charge is 2.20. The van der Waals surface area contributed by atoms with E-state index in [0.29, 0.717) is 13.0 Å². The lowest BCUT2D eigenvalue weighted by atomic mass is 10.0. The summed E-state index contributed by atoms with van der Waals surface area (Å²) in [5.74, 6) is 0. The molecular weight excluding hydrogens is 360 g/mol. The molecule has 1 aliphatic heterocycles. The minimum atomic E-state index is -1.12. The molecule has 164 valence electrons. The van der Waals surface area contributed by atoms with E-state index in [1.54, 1.807) is 14.2 Å². The van der Waals surface area contributed by atoms with Crippen molar-refractivity contribution < 1.29 is 24.5 Å². The van der Waals surface area contributed by atoms with Crippen molar-refractivity contribution in [2.75, 3.05) is 40.5 Å². The Hall–Kier alpha value is -1.67. The Morgan fingerprint density at radius 3 is 2.11 bits per heavy atom. The van der Waals surface area contributed by atoms with E-state index in [1.165, 1.54) is 12.8 Å². The molecule has 1 aliphatic rings. The molecule has 7 heteroatoms.